The minimum atomic E-state index is -4.96. The number of rotatable bonds is 81. The number of hydrogen-bond acceptors (Lipinski definition) is 14. The summed E-state index contributed by atoms with van der Waals surface area (Å²) >= 11 is 0. The molecule has 0 radical (unpaired) electrons. The minimum absolute atomic E-state index is 0.0424. The number of hydrogen-bond donors (Lipinski definition) is 4. The fourth-order valence-corrected chi connectivity index (χ4v) is 12.9. The lowest BCUT2D eigenvalue weighted by Crippen LogP contribution is -2.30. The molecule has 634 valence electrons. The molecule has 4 N–H and O–H groups in total. The molecule has 0 aromatic heterocycles. The highest BCUT2D eigenvalue weighted by molar-refractivity contribution is 7.47. The molecular formula is C93H156O16P2. The van der Waals surface area contributed by atoms with E-state index in [1.807, 2.05) is 0 Å². The molecule has 5 atom stereocenters. The van der Waals surface area contributed by atoms with Gasteiger partial charge >= 0.3 is 33.6 Å². The maximum absolute atomic E-state index is 13.0. The van der Waals surface area contributed by atoms with Crippen molar-refractivity contribution in [2.24, 2.45) is 0 Å². The summed E-state index contributed by atoms with van der Waals surface area (Å²) < 4.78 is 61.3. The number of unbranched alkanes of at least 4 members (excludes halogenated alkanes) is 30. The molecule has 0 aromatic rings. The molecule has 0 bridgehead atoms. The van der Waals surface area contributed by atoms with E-state index in [9.17, 15) is 43.5 Å². The third kappa shape index (κ3) is 85.6. The summed E-state index contributed by atoms with van der Waals surface area (Å²) in [6.07, 6.45) is 108. The molecule has 5 unspecified atom stereocenters. The summed E-state index contributed by atoms with van der Waals surface area (Å²) in [7, 11) is -9.83. The zero-order valence-electron chi connectivity index (χ0n) is 69.6. The Morgan fingerprint density at radius 3 is 0.775 bits per heavy atom. The Morgan fingerprint density at radius 1 is 0.261 bits per heavy atom. The molecule has 16 nitrogen and oxygen atoms in total. The summed E-state index contributed by atoms with van der Waals surface area (Å²) in [5, 5.41) is 20.7. The van der Waals surface area contributed by atoms with Crippen LogP contribution < -0.4 is 0 Å². The van der Waals surface area contributed by atoms with Gasteiger partial charge in [-0.1, -0.05) is 332 Å². The lowest BCUT2D eigenvalue weighted by molar-refractivity contribution is -0.161. The van der Waals surface area contributed by atoms with Gasteiger partial charge in [0.15, 0.2) is 6.10 Å². The largest absolute Gasteiger partial charge is 0.472 e. The van der Waals surface area contributed by atoms with Gasteiger partial charge in [-0.2, -0.15) is 0 Å². The summed E-state index contributed by atoms with van der Waals surface area (Å²) in [5.74, 6) is -1.64. The monoisotopic (exact) mass is 1590 g/mol. The zero-order valence-corrected chi connectivity index (χ0v) is 71.4. The fourth-order valence-electron chi connectivity index (χ4n) is 11.3. The van der Waals surface area contributed by atoms with Gasteiger partial charge < -0.3 is 34.2 Å². The van der Waals surface area contributed by atoms with Crippen LogP contribution in [0.5, 0.6) is 0 Å². The van der Waals surface area contributed by atoms with E-state index < -0.39 is 91.5 Å². The maximum Gasteiger partial charge on any atom is 0.472 e. The van der Waals surface area contributed by atoms with Crippen LogP contribution in [0.15, 0.2) is 170 Å². The third-order valence-electron chi connectivity index (χ3n) is 17.9. The van der Waals surface area contributed by atoms with Gasteiger partial charge in [-0.05, 0) is 161 Å². The topological polar surface area (TPSA) is 231 Å². The molecule has 0 heterocycles. The van der Waals surface area contributed by atoms with Gasteiger partial charge in [-0.25, -0.2) is 9.13 Å². The molecule has 18 heteroatoms. The molecule has 0 saturated carbocycles. The van der Waals surface area contributed by atoms with Crippen LogP contribution in [0.1, 0.15) is 342 Å². The van der Waals surface area contributed by atoms with Gasteiger partial charge in [-0.3, -0.25) is 32.5 Å². The number of carbonyl (C=O) groups is 3. The van der Waals surface area contributed by atoms with Crippen molar-refractivity contribution in [2.45, 2.75) is 360 Å². The van der Waals surface area contributed by atoms with Gasteiger partial charge in [0, 0.05) is 19.3 Å². The van der Waals surface area contributed by atoms with E-state index in [-0.39, 0.29) is 19.3 Å². The smallest absolute Gasteiger partial charge is 0.463 e. The fraction of sp³-hybridized carbons (Fsp3) is 0.667. The van der Waals surface area contributed by atoms with Crippen LogP contribution in [-0.4, -0.2) is 95.9 Å². The molecule has 0 spiro atoms. The predicted octanol–water partition coefficient (Wildman–Crippen LogP) is 26.3. The van der Waals surface area contributed by atoms with Crippen LogP contribution in [0.25, 0.3) is 0 Å². The Hall–Kier alpha value is -5.09. The van der Waals surface area contributed by atoms with E-state index in [4.69, 9.17) is 32.3 Å². The van der Waals surface area contributed by atoms with Crippen LogP contribution in [-0.2, 0) is 55.8 Å². The first-order chi connectivity index (χ1) is 54.2. The average Bonchev–Trinajstić information content (AvgIpc) is 0.903. The number of phosphoric ester groups is 2. The van der Waals surface area contributed by atoms with E-state index in [2.05, 4.69) is 191 Å². The average molecular weight is 1590 g/mol. The first kappa shape index (κ1) is 106. The number of phosphoric acid groups is 2. The normalized spacial score (nSPS) is 14.7. The molecule has 0 amide bonds. The van der Waals surface area contributed by atoms with Crippen LogP contribution in [0, 0.1) is 0 Å². The van der Waals surface area contributed by atoms with Gasteiger partial charge in [0.2, 0.25) is 0 Å². The van der Waals surface area contributed by atoms with Crippen molar-refractivity contribution in [3.8, 4) is 0 Å². The number of esters is 3. The highest BCUT2D eigenvalue weighted by Crippen LogP contribution is 2.45. The van der Waals surface area contributed by atoms with Crippen molar-refractivity contribution in [3.63, 3.8) is 0 Å². The molecule has 0 saturated heterocycles. The number of aliphatic hydroxyl groups excluding tert-OH is 2. The Bertz CT molecular complexity index is 2700. The van der Waals surface area contributed by atoms with E-state index in [1.54, 1.807) is 0 Å². The highest BCUT2D eigenvalue weighted by atomic mass is 31.2. The van der Waals surface area contributed by atoms with Gasteiger partial charge in [0.25, 0.3) is 0 Å². The summed E-state index contributed by atoms with van der Waals surface area (Å²) in [6, 6.07) is 0. The predicted molar refractivity (Wildman–Crippen MR) is 463 cm³/mol. The second kappa shape index (κ2) is 84.3. The summed E-state index contributed by atoms with van der Waals surface area (Å²) in [6.45, 7) is 2.47. The van der Waals surface area contributed by atoms with E-state index in [1.165, 1.54) is 135 Å². The Labute approximate surface area is 675 Å². The first-order valence-electron chi connectivity index (χ1n) is 43.4. The van der Waals surface area contributed by atoms with Crippen LogP contribution in [0.3, 0.4) is 0 Å². The number of aliphatic hydroxyl groups is 2. The SMILES string of the molecule is CC/C=C\C/C=C\C/C=C\C/C=C\C/C=C\C/C=C\CCCCC(=O)OC(COC(=O)CCCCCCCCCCC/C=C\C/C=C\C/C=C\C/C=C\CCCCC)COP(=O)(O)OCC(O)COP(=O)(O)OCC(O)COC(=O)CCCCCCCCCCCCCCC/C=C\C/C=C\C/C=C\C/C=C\CCCCC. The number of ether oxygens (including phenoxy) is 3. The van der Waals surface area contributed by atoms with Gasteiger partial charge in [-0.15, -0.1) is 0 Å². The summed E-state index contributed by atoms with van der Waals surface area (Å²) in [5.41, 5.74) is 0. The van der Waals surface area contributed by atoms with Crippen molar-refractivity contribution in [2.75, 3.05) is 39.6 Å². The van der Waals surface area contributed by atoms with Crippen molar-refractivity contribution >= 4 is 33.6 Å². The van der Waals surface area contributed by atoms with Crippen molar-refractivity contribution < 1.29 is 75.8 Å². The lowest BCUT2D eigenvalue weighted by atomic mass is 10.0. The molecule has 0 fully saturated rings. The van der Waals surface area contributed by atoms with Crippen LogP contribution in [0.4, 0.5) is 0 Å². The second-order valence-electron chi connectivity index (χ2n) is 28.6. The van der Waals surface area contributed by atoms with Crippen molar-refractivity contribution in [1.82, 2.24) is 0 Å². The highest BCUT2D eigenvalue weighted by Gasteiger charge is 2.29. The minimum Gasteiger partial charge on any atom is -0.463 e. The molecule has 0 rings (SSSR count). The summed E-state index contributed by atoms with van der Waals surface area (Å²) in [4.78, 5) is 58.9. The van der Waals surface area contributed by atoms with Crippen molar-refractivity contribution in [1.29, 1.82) is 0 Å². The Morgan fingerprint density at radius 2 is 0.477 bits per heavy atom. The second-order valence-corrected chi connectivity index (χ2v) is 31.5. The quantitative estimate of drug-likeness (QED) is 0.0146. The van der Waals surface area contributed by atoms with Crippen LogP contribution in [0.2, 0.25) is 0 Å². The van der Waals surface area contributed by atoms with E-state index >= 15 is 0 Å². The van der Waals surface area contributed by atoms with Crippen LogP contribution >= 0.6 is 15.6 Å². The van der Waals surface area contributed by atoms with Gasteiger partial charge in [0.05, 0.1) is 26.4 Å². The molecule has 0 aliphatic carbocycles. The van der Waals surface area contributed by atoms with Gasteiger partial charge in [0.1, 0.15) is 25.4 Å². The zero-order chi connectivity index (χ0) is 80.8. The molecule has 0 aliphatic rings. The first-order valence-corrected chi connectivity index (χ1v) is 46.4. The molecule has 0 aromatic carbocycles. The lowest BCUT2D eigenvalue weighted by Gasteiger charge is -2.21. The Kier molecular flexibility index (Phi) is 80.4. The Balaban J connectivity index is 4.67. The standard InChI is InChI=1S/C93H156O16P2/c1-4-7-10-13-16-19-22-25-28-31-34-37-39-41-42-43-44-46-48-50-52-55-58-61-64-67-70-73-76-79-91(96)103-82-88(94)83-105-110(99,100)106-84-89(95)85-107-111(101,102)108-87-90(109-93(98)81-78-75-72-69-66-63-60-57-54-49-36-33-30-27-24-21-18-15-12-9-6-3)86-104-92(97)80-77-74-71-68-65-62-59-56-53-51-47-45-40-38-35-32-29-26-23-20-17-14-11-8-5-2/h9,12,16-21,25-30,34-38,41-42,45,47,49,57,60,66,69,88-90,94-95H,4-8,10-11,13-15,22-24,31-33,39-40,43-44,46,48,50-56,58-59,61-65,67-68,70-87H2,1-3H3,(H,99,100)(H,101,102)/b12-9-,19-16-,20-17-,21-18-,28-25-,29-26-,30-27-,37-34-,38-35-,42-41-,47-45-,49-36-,60-57-,69-66-. The van der Waals surface area contributed by atoms with Crippen molar-refractivity contribution in [3.05, 3.63) is 170 Å². The van der Waals surface area contributed by atoms with E-state index in [0.717, 1.165) is 141 Å². The maximum atomic E-state index is 13.0. The molecule has 0 aliphatic heterocycles. The third-order valence-corrected chi connectivity index (χ3v) is 19.8. The molecule has 111 heavy (non-hydrogen) atoms. The number of allylic oxidation sites excluding steroid dienone is 28. The molecular weight excluding hydrogens is 1430 g/mol. The number of carbonyl (C=O) groups excluding carboxylic acids is 3. The van der Waals surface area contributed by atoms with E-state index in [0.29, 0.717) is 25.7 Å².